The highest BCUT2D eigenvalue weighted by Gasteiger charge is 2.33. The van der Waals surface area contributed by atoms with Gasteiger partial charge in [0.2, 0.25) is 21.8 Å². The highest BCUT2D eigenvalue weighted by Crippen LogP contribution is 2.24. The van der Waals surface area contributed by atoms with Crippen LogP contribution in [0.4, 0.5) is 11.4 Å². The van der Waals surface area contributed by atoms with Crippen molar-refractivity contribution >= 4 is 33.2 Å². The molecule has 2 amide bonds. The van der Waals surface area contributed by atoms with Gasteiger partial charge in [0.1, 0.15) is 12.6 Å². The Bertz CT molecular complexity index is 1480. The molecule has 0 aliphatic heterocycles. The number of non-ortho nitro benzene ring substituents is 1. The molecule has 11 heteroatoms. The van der Waals surface area contributed by atoms with Crippen LogP contribution in [0.15, 0.2) is 78.9 Å². The number of hydrogen-bond donors (Lipinski definition) is 1. The first-order chi connectivity index (χ1) is 19.4. The van der Waals surface area contributed by atoms with Crippen LogP contribution in [-0.2, 0) is 32.6 Å². The Morgan fingerprint density at radius 2 is 1.63 bits per heavy atom. The first-order valence-corrected chi connectivity index (χ1v) is 15.1. The summed E-state index contributed by atoms with van der Waals surface area (Å²) < 4.78 is 26.5. The summed E-state index contributed by atoms with van der Waals surface area (Å²) in [5, 5.41) is 14.3. The molecule has 1 N–H and O–H groups in total. The SMILES string of the molecule is CC[C@H](C)NC(=O)[C@@H](Cc1ccccc1)N(Cc1cccc(C)c1)C(=O)CN(c1cccc([N+](=O)[O-])c1)S(C)(=O)=O. The summed E-state index contributed by atoms with van der Waals surface area (Å²) in [6, 6.07) is 20.8. The molecule has 0 aliphatic rings. The number of nitrogens with zero attached hydrogens (tertiary/aromatic N) is 3. The van der Waals surface area contributed by atoms with E-state index in [9.17, 15) is 28.1 Å². The van der Waals surface area contributed by atoms with Gasteiger partial charge in [-0.3, -0.25) is 24.0 Å². The fourth-order valence-electron chi connectivity index (χ4n) is 4.38. The summed E-state index contributed by atoms with van der Waals surface area (Å²) in [5.74, 6) is -0.978. The summed E-state index contributed by atoms with van der Waals surface area (Å²) >= 11 is 0. The van der Waals surface area contributed by atoms with Crippen LogP contribution in [0.25, 0.3) is 0 Å². The summed E-state index contributed by atoms with van der Waals surface area (Å²) in [6.07, 6.45) is 1.82. The van der Waals surface area contributed by atoms with E-state index in [2.05, 4.69) is 5.32 Å². The molecule has 0 heterocycles. The maximum Gasteiger partial charge on any atom is 0.271 e. The third-order valence-corrected chi connectivity index (χ3v) is 7.86. The number of anilines is 1. The molecule has 0 fully saturated rings. The van der Waals surface area contributed by atoms with E-state index in [1.165, 1.54) is 23.1 Å². The smallest absolute Gasteiger partial charge is 0.271 e. The van der Waals surface area contributed by atoms with Crippen molar-refractivity contribution in [3.8, 4) is 0 Å². The normalized spacial score (nSPS) is 12.7. The van der Waals surface area contributed by atoms with Crippen LogP contribution in [0, 0.1) is 17.0 Å². The van der Waals surface area contributed by atoms with E-state index >= 15 is 0 Å². The van der Waals surface area contributed by atoms with Crippen molar-refractivity contribution in [1.29, 1.82) is 0 Å². The Kier molecular flexibility index (Phi) is 10.6. The van der Waals surface area contributed by atoms with Crippen LogP contribution < -0.4 is 9.62 Å². The fourth-order valence-corrected chi connectivity index (χ4v) is 5.22. The lowest BCUT2D eigenvalue weighted by Crippen LogP contribution is -2.54. The largest absolute Gasteiger partial charge is 0.352 e. The Labute approximate surface area is 241 Å². The number of benzene rings is 3. The zero-order valence-electron chi connectivity index (χ0n) is 23.7. The summed E-state index contributed by atoms with van der Waals surface area (Å²) in [5.41, 5.74) is 2.24. The van der Waals surface area contributed by atoms with Crippen molar-refractivity contribution in [2.24, 2.45) is 0 Å². The van der Waals surface area contributed by atoms with Gasteiger partial charge in [0.15, 0.2) is 0 Å². The minimum absolute atomic E-state index is 0.0192. The Morgan fingerprint density at radius 3 is 2.24 bits per heavy atom. The molecule has 0 unspecified atom stereocenters. The van der Waals surface area contributed by atoms with Gasteiger partial charge in [-0.25, -0.2) is 8.42 Å². The Morgan fingerprint density at radius 1 is 0.976 bits per heavy atom. The zero-order valence-corrected chi connectivity index (χ0v) is 24.5. The summed E-state index contributed by atoms with van der Waals surface area (Å²) in [6.45, 7) is 5.14. The van der Waals surface area contributed by atoms with Gasteiger partial charge < -0.3 is 10.2 Å². The van der Waals surface area contributed by atoms with Gasteiger partial charge in [0.25, 0.3) is 5.69 Å². The van der Waals surface area contributed by atoms with Crippen molar-refractivity contribution in [3.63, 3.8) is 0 Å². The van der Waals surface area contributed by atoms with Crippen LogP contribution >= 0.6 is 0 Å². The average molecular weight is 581 g/mol. The predicted molar refractivity (Wildman–Crippen MR) is 159 cm³/mol. The molecule has 3 aromatic rings. The maximum absolute atomic E-state index is 14.1. The molecule has 0 aromatic heterocycles. The van der Waals surface area contributed by atoms with Crippen LogP contribution in [0.3, 0.4) is 0 Å². The average Bonchev–Trinajstić information content (AvgIpc) is 2.93. The third-order valence-electron chi connectivity index (χ3n) is 6.72. The van der Waals surface area contributed by atoms with Crippen LogP contribution in [0.5, 0.6) is 0 Å². The predicted octanol–water partition coefficient (Wildman–Crippen LogP) is 4.22. The van der Waals surface area contributed by atoms with Gasteiger partial charge in [-0.2, -0.15) is 0 Å². The van der Waals surface area contributed by atoms with E-state index in [1.807, 2.05) is 75.4 Å². The number of sulfonamides is 1. The molecule has 41 heavy (non-hydrogen) atoms. The number of hydrogen-bond acceptors (Lipinski definition) is 6. The molecular weight excluding hydrogens is 544 g/mol. The van der Waals surface area contributed by atoms with Gasteiger partial charge in [0.05, 0.1) is 16.9 Å². The fraction of sp³-hybridized carbons (Fsp3) is 0.333. The number of aryl methyl sites for hydroxylation is 1. The summed E-state index contributed by atoms with van der Waals surface area (Å²) in [4.78, 5) is 39.9. The third kappa shape index (κ3) is 8.87. The number of carbonyl (C=O) groups excluding carboxylic acids is 2. The van der Waals surface area contributed by atoms with E-state index in [4.69, 9.17) is 0 Å². The standard InChI is InChI=1S/C30H36N4O6S/c1-5-23(3)31-30(36)28(18-24-12-7-6-8-13-24)32(20-25-14-9-11-22(2)17-25)29(35)21-33(41(4,39)40)26-15-10-16-27(19-26)34(37)38/h6-17,19,23,28H,5,18,20-21H2,1-4H3,(H,31,36)/t23-,28+/m0/s1. The number of amides is 2. The van der Waals surface area contributed by atoms with Gasteiger partial charge in [0, 0.05) is 31.1 Å². The van der Waals surface area contributed by atoms with E-state index in [0.717, 1.165) is 33.3 Å². The van der Waals surface area contributed by atoms with Crippen molar-refractivity contribution in [1.82, 2.24) is 10.2 Å². The molecule has 0 aliphatic carbocycles. The van der Waals surface area contributed by atoms with Gasteiger partial charge in [-0.05, 0) is 37.5 Å². The lowest BCUT2D eigenvalue weighted by Gasteiger charge is -2.34. The summed E-state index contributed by atoms with van der Waals surface area (Å²) in [7, 11) is -4.03. The van der Waals surface area contributed by atoms with Crippen molar-refractivity contribution in [2.45, 2.75) is 52.2 Å². The molecular formula is C30H36N4O6S. The van der Waals surface area contributed by atoms with E-state index in [-0.39, 0.29) is 36.3 Å². The van der Waals surface area contributed by atoms with Gasteiger partial charge in [-0.15, -0.1) is 0 Å². The monoisotopic (exact) mass is 580 g/mol. The second kappa shape index (κ2) is 13.9. The Hall–Kier alpha value is -4.25. The first-order valence-electron chi connectivity index (χ1n) is 13.3. The molecule has 218 valence electrons. The second-order valence-corrected chi connectivity index (χ2v) is 12.0. The van der Waals surface area contributed by atoms with E-state index in [1.54, 1.807) is 0 Å². The number of carbonyl (C=O) groups is 2. The van der Waals surface area contributed by atoms with Crippen molar-refractivity contribution in [2.75, 3.05) is 17.1 Å². The second-order valence-electron chi connectivity index (χ2n) is 10.1. The van der Waals surface area contributed by atoms with Crippen LogP contribution in [0.2, 0.25) is 0 Å². The highest BCUT2D eigenvalue weighted by molar-refractivity contribution is 7.92. The van der Waals surface area contributed by atoms with Gasteiger partial charge in [-0.1, -0.05) is 73.2 Å². The van der Waals surface area contributed by atoms with Gasteiger partial charge >= 0.3 is 0 Å². The van der Waals surface area contributed by atoms with Crippen LogP contribution in [-0.4, -0.2) is 54.9 Å². The van der Waals surface area contributed by atoms with Crippen molar-refractivity contribution < 1.29 is 22.9 Å². The minimum atomic E-state index is -4.03. The molecule has 0 radical (unpaired) electrons. The lowest BCUT2D eigenvalue weighted by atomic mass is 10.0. The van der Waals surface area contributed by atoms with E-state index < -0.39 is 33.4 Å². The molecule has 3 aromatic carbocycles. The molecule has 0 bridgehead atoms. The number of nitro benzene ring substituents is 1. The zero-order chi connectivity index (χ0) is 30.2. The Balaban J connectivity index is 2.08. The molecule has 10 nitrogen and oxygen atoms in total. The minimum Gasteiger partial charge on any atom is -0.352 e. The number of rotatable bonds is 13. The lowest BCUT2D eigenvalue weighted by molar-refractivity contribution is -0.384. The van der Waals surface area contributed by atoms with Crippen LogP contribution in [0.1, 0.15) is 37.0 Å². The molecule has 0 spiro atoms. The molecule has 3 rings (SSSR count). The molecule has 0 saturated carbocycles. The van der Waals surface area contributed by atoms with Crippen molar-refractivity contribution in [3.05, 3.63) is 106 Å². The number of nitrogens with one attached hydrogen (secondary N) is 1. The highest BCUT2D eigenvalue weighted by atomic mass is 32.2. The molecule has 0 saturated heterocycles. The quantitative estimate of drug-likeness (QED) is 0.238. The topological polar surface area (TPSA) is 130 Å². The molecule has 2 atom stereocenters. The first kappa shape index (κ1) is 31.3. The maximum atomic E-state index is 14.1. The number of nitro groups is 1. The van der Waals surface area contributed by atoms with E-state index in [0.29, 0.717) is 6.42 Å².